The van der Waals surface area contributed by atoms with Crippen molar-refractivity contribution in [1.29, 1.82) is 0 Å². The molecular formula is C30H40ClN7O2S. The van der Waals surface area contributed by atoms with Crippen LogP contribution < -0.4 is 19.7 Å². The number of methoxy groups -OCH3 is 1. The van der Waals surface area contributed by atoms with Crippen LogP contribution in [-0.2, 0) is 12.8 Å². The Kier molecular flexibility index (Phi) is 10.1. The van der Waals surface area contributed by atoms with Crippen LogP contribution in [0.2, 0.25) is 5.02 Å². The number of aliphatic hydroxyl groups is 1. The van der Waals surface area contributed by atoms with Gasteiger partial charge >= 0.3 is 0 Å². The number of benzene rings is 2. The Balaban J connectivity index is 1.33. The van der Waals surface area contributed by atoms with Gasteiger partial charge in [-0.3, -0.25) is 9.80 Å². The number of hydrogen-bond acceptors (Lipinski definition) is 10. The molecule has 2 aliphatic rings. The maximum Gasteiger partial charge on any atom is 0.229 e. The molecule has 1 saturated heterocycles. The molecule has 3 N–H and O–H groups in total. The Bertz CT molecular complexity index is 1320. The van der Waals surface area contributed by atoms with Gasteiger partial charge in [0, 0.05) is 52.1 Å². The van der Waals surface area contributed by atoms with Crippen LogP contribution in [0.3, 0.4) is 0 Å². The SMILES string of the molecule is COc1c(Nc2ncc(Cl)c(Nc3ccccc3N(C)SC)n2)ccc2c1CCCC(N1CCN(CCO)CC1)C2. The molecule has 1 aliphatic heterocycles. The molecule has 1 fully saturated rings. The first kappa shape index (κ1) is 29.7. The largest absolute Gasteiger partial charge is 0.494 e. The fourth-order valence-electron chi connectivity index (χ4n) is 5.86. The molecule has 9 nitrogen and oxygen atoms in total. The van der Waals surface area contributed by atoms with E-state index >= 15 is 0 Å². The van der Waals surface area contributed by atoms with Crippen molar-refractivity contribution in [3.8, 4) is 5.75 Å². The van der Waals surface area contributed by atoms with Gasteiger partial charge in [-0.05, 0) is 55.0 Å². The number of β-amino-alcohol motifs (C(OH)–C–C–N with tert-alkyl or cyclic N) is 1. The molecular weight excluding hydrogens is 558 g/mol. The number of piperazine rings is 1. The third-order valence-electron chi connectivity index (χ3n) is 8.08. The number of aliphatic hydroxyl groups excluding tert-OH is 1. The Morgan fingerprint density at radius 1 is 1.12 bits per heavy atom. The van der Waals surface area contributed by atoms with Crippen molar-refractivity contribution in [1.82, 2.24) is 19.8 Å². The average Bonchev–Trinajstić information content (AvgIpc) is 3.22. The number of anilines is 5. The van der Waals surface area contributed by atoms with Gasteiger partial charge in [0.25, 0.3) is 0 Å². The lowest BCUT2D eigenvalue weighted by Crippen LogP contribution is -2.51. The van der Waals surface area contributed by atoms with Gasteiger partial charge in [-0.15, -0.1) is 0 Å². The molecule has 2 aromatic carbocycles. The van der Waals surface area contributed by atoms with Crippen molar-refractivity contribution in [3.05, 3.63) is 58.7 Å². The van der Waals surface area contributed by atoms with Crippen LogP contribution in [-0.4, -0.2) is 90.7 Å². The second-order valence-electron chi connectivity index (χ2n) is 10.5. The molecule has 1 atom stereocenters. The molecule has 220 valence electrons. The van der Waals surface area contributed by atoms with Crippen molar-refractivity contribution >= 4 is 52.4 Å². The number of fused-ring (bicyclic) bond motifs is 1. The second kappa shape index (κ2) is 13.9. The van der Waals surface area contributed by atoms with Crippen LogP contribution in [0.1, 0.15) is 24.0 Å². The summed E-state index contributed by atoms with van der Waals surface area (Å²) in [7, 11) is 3.75. The van der Waals surface area contributed by atoms with Crippen LogP contribution >= 0.6 is 23.5 Å². The molecule has 0 spiro atoms. The first-order chi connectivity index (χ1) is 20.0. The van der Waals surface area contributed by atoms with Crippen LogP contribution in [0.4, 0.5) is 28.8 Å². The summed E-state index contributed by atoms with van der Waals surface area (Å²) in [6.07, 6.45) is 7.92. The minimum Gasteiger partial charge on any atom is -0.494 e. The summed E-state index contributed by atoms with van der Waals surface area (Å²) in [5, 5.41) is 16.5. The van der Waals surface area contributed by atoms with Crippen LogP contribution in [0.25, 0.3) is 0 Å². The number of aromatic nitrogens is 2. The zero-order chi connectivity index (χ0) is 28.8. The van der Waals surface area contributed by atoms with Crippen molar-refractivity contribution in [2.24, 2.45) is 0 Å². The highest BCUT2D eigenvalue weighted by atomic mass is 35.5. The van der Waals surface area contributed by atoms with Crippen molar-refractivity contribution in [2.75, 3.05) is 74.7 Å². The van der Waals surface area contributed by atoms with E-state index in [9.17, 15) is 5.11 Å². The van der Waals surface area contributed by atoms with Crippen molar-refractivity contribution in [3.63, 3.8) is 0 Å². The molecule has 5 rings (SSSR count). The maximum absolute atomic E-state index is 9.28. The molecule has 11 heteroatoms. The van der Waals surface area contributed by atoms with E-state index in [1.165, 1.54) is 17.5 Å². The number of ether oxygens (including phenoxy) is 1. The lowest BCUT2D eigenvalue weighted by molar-refractivity contribution is 0.0805. The Labute approximate surface area is 252 Å². The van der Waals surface area contributed by atoms with Crippen molar-refractivity contribution in [2.45, 2.75) is 31.7 Å². The van der Waals surface area contributed by atoms with E-state index in [0.717, 1.165) is 74.8 Å². The zero-order valence-electron chi connectivity index (χ0n) is 24.1. The lowest BCUT2D eigenvalue weighted by Gasteiger charge is -2.39. The van der Waals surface area contributed by atoms with Gasteiger partial charge in [-0.2, -0.15) is 4.98 Å². The van der Waals surface area contributed by atoms with Gasteiger partial charge in [0.15, 0.2) is 5.82 Å². The smallest absolute Gasteiger partial charge is 0.229 e. The normalized spacial score (nSPS) is 17.9. The van der Waals surface area contributed by atoms with E-state index in [1.54, 1.807) is 25.3 Å². The molecule has 3 aromatic rings. The van der Waals surface area contributed by atoms with Crippen molar-refractivity contribution < 1.29 is 9.84 Å². The Hall–Kier alpha value is -2.76. The quantitative estimate of drug-likeness (QED) is 0.214. The van der Waals surface area contributed by atoms with Crippen LogP contribution in [0, 0.1) is 0 Å². The van der Waals surface area contributed by atoms with E-state index in [2.05, 4.69) is 47.9 Å². The Morgan fingerprint density at radius 2 is 1.93 bits per heavy atom. The van der Waals surface area contributed by atoms with Gasteiger partial charge in [-0.1, -0.05) is 41.7 Å². The molecule has 0 amide bonds. The fraction of sp³-hybridized carbons (Fsp3) is 0.467. The fourth-order valence-corrected chi connectivity index (χ4v) is 6.35. The third kappa shape index (κ3) is 7.01. The molecule has 2 heterocycles. The summed E-state index contributed by atoms with van der Waals surface area (Å²) in [6.45, 7) is 5.15. The number of nitrogens with one attached hydrogen (secondary N) is 2. The number of nitrogens with zero attached hydrogens (tertiary/aromatic N) is 5. The maximum atomic E-state index is 9.28. The van der Waals surface area contributed by atoms with Gasteiger partial charge in [0.1, 0.15) is 10.8 Å². The van der Waals surface area contributed by atoms with Gasteiger partial charge in [0.2, 0.25) is 5.95 Å². The standard InChI is InChI=1S/C30H40ClN7O2S/c1-36(41-3)27-10-5-4-9-25(27)33-29-24(31)20-32-30(35-29)34-26-12-11-21-19-22(7-6-8-23(21)28(26)40-2)38-15-13-37(14-16-38)17-18-39/h4-5,9-12,20,22,39H,6-8,13-19H2,1-3H3,(H2,32,33,34,35). The van der Waals surface area contributed by atoms with E-state index in [0.29, 0.717) is 22.8 Å². The monoisotopic (exact) mass is 597 g/mol. The third-order valence-corrected chi connectivity index (χ3v) is 9.10. The summed E-state index contributed by atoms with van der Waals surface area (Å²) in [6, 6.07) is 12.9. The van der Waals surface area contributed by atoms with E-state index in [-0.39, 0.29) is 6.61 Å². The summed E-state index contributed by atoms with van der Waals surface area (Å²) in [4.78, 5) is 14.2. The average molecular weight is 598 g/mol. The van der Waals surface area contributed by atoms with E-state index in [4.69, 9.17) is 21.3 Å². The molecule has 41 heavy (non-hydrogen) atoms. The van der Waals surface area contributed by atoms with Gasteiger partial charge in [0.05, 0.1) is 37.0 Å². The first-order valence-electron chi connectivity index (χ1n) is 14.2. The first-order valence-corrected chi connectivity index (χ1v) is 15.8. The van der Waals surface area contributed by atoms with Crippen LogP contribution in [0.5, 0.6) is 5.75 Å². The topological polar surface area (TPSA) is 89.0 Å². The zero-order valence-corrected chi connectivity index (χ0v) is 25.6. The summed E-state index contributed by atoms with van der Waals surface area (Å²) < 4.78 is 8.07. The summed E-state index contributed by atoms with van der Waals surface area (Å²) >= 11 is 8.14. The number of hydrogen-bond donors (Lipinski definition) is 3. The van der Waals surface area contributed by atoms with E-state index in [1.807, 2.05) is 31.5 Å². The number of halogens is 1. The molecule has 1 aromatic heterocycles. The summed E-state index contributed by atoms with van der Waals surface area (Å²) in [5.41, 5.74) is 5.39. The van der Waals surface area contributed by atoms with Gasteiger partial charge in [-0.25, -0.2) is 4.98 Å². The molecule has 1 aliphatic carbocycles. The lowest BCUT2D eigenvalue weighted by atomic mass is 9.98. The highest BCUT2D eigenvalue weighted by molar-refractivity contribution is 7.99. The highest BCUT2D eigenvalue weighted by Crippen LogP contribution is 2.38. The molecule has 0 radical (unpaired) electrons. The number of para-hydroxylation sites is 2. The van der Waals surface area contributed by atoms with E-state index < -0.39 is 0 Å². The second-order valence-corrected chi connectivity index (χ2v) is 11.8. The molecule has 1 unspecified atom stereocenters. The van der Waals surface area contributed by atoms with Gasteiger partial charge < -0.3 is 24.8 Å². The summed E-state index contributed by atoms with van der Waals surface area (Å²) in [5.74, 6) is 1.83. The predicted molar refractivity (Wildman–Crippen MR) is 170 cm³/mol. The molecule has 0 saturated carbocycles. The number of rotatable bonds is 10. The minimum atomic E-state index is 0.232. The van der Waals surface area contributed by atoms with Crippen LogP contribution in [0.15, 0.2) is 42.6 Å². The predicted octanol–water partition coefficient (Wildman–Crippen LogP) is 5.20. The highest BCUT2D eigenvalue weighted by Gasteiger charge is 2.28. The molecule has 0 bridgehead atoms. The Morgan fingerprint density at radius 3 is 2.68 bits per heavy atom. The minimum absolute atomic E-state index is 0.232.